The predicted octanol–water partition coefficient (Wildman–Crippen LogP) is -0.634. The number of carbonyl (C=O) groups is 1. The largest absolute Gasteiger partial charge is 0.480 e. The average Bonchev–Trinajstić information content (AvgIpc) is 1.88. The van der Waals surface area contributed by atoms with E-state index >= 15 is 0 Å². The molecule has 0 unspecified atom stereocenters. The summed E-state index contributed by atoms with van der Waals surface area (Å²) in [7, 11) is 0. The van der Waals surface area contributed by atoms with E-state index < -0.39 is 12.0 Å². The van der Waals surface area contributed by atoms with Gasteiger partial charge < -0.3 is 10.8 Å². The van der Waals surface area contributed by atoms with Crippen LogP contribution >= 0.6 is 0 Å². The van der Waals surface area contributed by atoms with Crippen LogP contribution in [-0.4, -0.2) is 30.3 Å². The minimum absolute atomic E-state index is 0.122. The Hall–Kier alpha value is -0.650. The van der Waals surface area contributed by atoms with E-state index in [9.17, 15) is 4.79 Å². The Labute approximate surface area is 58.7 Å². The van der Waals surface area contributed by atoms with Gasteiger partial charge in [-0.2, -0.15) is 0 Å². The molecular weight excluding hydrogens is 138 g/mol. The monoisotopic (exact) mass is 149 g/mol. The molecule has 60 valence electrons. The minimum atomic E-state index is -1.10. The van der Waals surface area contributed by atoms with Gasteiger partial charge in [0.05, 0.1) is 6.61 Å². The smallest absolute Gasteiger partial charge is 0.323 e. The maximum Gasteiger partial charge on any atom is 0.323 e. The molecule has 5 heteroatoms. The highest BCUT2D eigenvalue weighted by molar-refractivity contribution is 5.73. The highest BCUT2D eigenvalue weighted by atomic mass is 17.2. The van der Waals surface area contributed by atoms with E-state index in [2.05, 4.69) is 9.78 Å². The lowest BCUT2D eigenvalue weighted by Gasteiger charge is -2.04. The van der Waals surface area contributed by atoms with Gasteiger partial charge in [-0.3, -0.25) is 4.79 Å². The zero-order chi connectivity index (χ0) is 7.98. The van der Waals surface area contributed by atoms with Gasteiger partial charge in [-0.15, -0.1) is 0 Å². The van der Waals surface area contributed by atoms with Crippen molar-refractivity contribution in [2.75, 3.05) is 13.2 Å². The van der Waals surface area contributed by atoms with E-state index in [1.165, 1.54) is 0 Å². The summed E-state index contributed by atoms with van der Waals surface area (Å²) in [4.78, 5) is 18.8. The maximum atomic E-state index is 10.0. The Morgan fingerprint density at radius 3 is 2.70 bits per heavy atom. The molecule has 0 saturated heterocycles. The van der Waals surface area contributed by atoms with Gasteiger partial charge in [0.1, 0.15) is 12.6 Å². The Bertz CT molecular complexity index is 106. The van der Waals surface area contributed by atoms with Crippen LogP contribution in [0, 0.1) is 0 Å². The van der Waals surface area contributed by atoms with E-state index in [0.29, 0.717) is 6.61 Å². The van der Waals surface area contributed by atoms with Crippen LogP contribution in [0.15, 0.2) is 0 Å². The summed E-state index contributed by atoms with van der Waals surface area (Å²) in [5.74, 6) is -1.10. The molecule has 0 aromatic rings. The molecule has 0 spiro atoms. The predicted molar refractivity (Wildman–Crippen MR) is 33.2 cm³/mol. The van der Waals surface area contributed by atoms with E-state index in [1.54, 1.807) is 6.92 Å². The summed E-state index contributed by atoms with van der Waals surface area (Å²) in [5, 5.41) is 8.22. The van der Waals surface area contributed by atoms with Gasteiger partial charge in [-0.05, 0) is 6.92 Å². The van der Waals surface area contributed by atoms with Crippen molar-refractivity contribution in [3.8, 4) is 0 Å². The molecule has 0 amide bonds. The highest BCUT2D eigenvalue weighted by Gasteiger charge is 2.10. The van der Waals surface area contributed by atoms with Gasteiger partial charge in [-0.1, -0.05) is 0 Å². The molecular formula is C5H11NO4. The van der Waals surface area contributed by atoms with Gasteiger partial charge >= 0.3 is 5.97 Å². The summed E-state index contributed by atoms with van der Waals surface area (Å²) in [5.41, 5.74) is 5.05. The minimum Gasteiger partial charge on any atom is -0.480 e. The van der Waals surface area contributed by atoms with E-state index in [4.69, 9.17) is 10.8 Å². The summed E-state index contributed by atoms with van der Waals surface area (Å²) in [6.07, 6.45) is 0. The molecule has 0 radical (unpaired) electrons. The molecule has 0 bridgehead atoms. The second-order valence-corrected chi connectivity index (χ2v) is 1.64. The number of hydrogen-bond acceptors (Lipinski definition) is 4. The van der Waals surface area contributed by atoms with Crippen LogP contribution in [0.5, 0.6) is 0 Å². The Morgan fingerprint density at radius 1 is 1.70 bits per heavy atom. The summed E-state index contributed by atoms with van der Waals surface area (Å²) < 4.78 is 0. The van der Waals surface area contributed by atoms with Crippen molar-refractivity contribution in [2.24, 2.45) is 5.73 Å². The van der Waals surface area contributed by atoms with Gasteiger partial charge in [0, 0.05) is 0 Å². The SMILES string of the molecule is CCOOC[C@@H](N)C(=O)O. The quantitative estimate of drug-likeness (QED) is 0.309. The van der Waals surface area contributed by atoms with Gasteiger partial charge in [0.2, 0.25) is 0 Å². The zero-order valence-electron chi connectivity index (χ0n) is 5.74. The fourth-order valence-corrected chi connectivity index (χ4v) is 0.276. The molecule has 0 saturated carbocycles. The number of carboxylic acids is 1. The molecule has 0 fully saturated rings. The van der Waals surface area contributed by atoms with Crippen molar-refractivity contribution in [3.05, 3.63) is 0 Å². The zero-order valence-corrected chi connectivity index (χ0v) is 5.74. The summed E-state index contributed by atoms with van der Waals surface area (Å²) in [6.45, 7) is 1.99. The lowest BCUT2D eigenvalue weighted by molar-refractivity contribution is -0.292. The molecule has 3 N–H and O–H groups in total. The van der Waals surface area contributed by atoms with E-state index in [0.717, 1.165) is 0 Å². The molecule has 5 nitrogen and oxygen atoms in total. The number of hydrogen-bond donors (Lipinski definition) is 2. The van der Waals surface area contributed by atoms with Crippen molar-refractivity contribution in [2.45, 2.75) is 13.0 Å². The second-order valence-electron chi connectivity index (χ2n) is 1.64. The second kappa shape index (κ2) is 5.16. The standard InChI is InChI=1S/C5H11NO4/c1-2-9-10-3-4(6)5(7)8/h4H,2-3,6H2,1H3,(H,7,8)/t4-/m1/s1. The summed E-state index contributed by atoms with van der Waals surface area (Å²) >= 11 is 0. The fraction of sp³-hybridized carbons (Fsp3) is 0.800. The third-order valence-electron chi connectivity index (χ3n) is 0.766. The third kappa shape index (κ3) is 4.25. The van der Waals surface area contributed by atoms with Gasteiger partial charge in [0.15, 0.2) is 0 Å². The molecule has 0 aliphatic heterocycles. The number of carboxylic acid groups (broad SMARTS) is 1. The Kier molecular flexibility index (Phi) is 4.82. The average molecular weight is 149 g/mol. The molecule has 1 atom stereocenters. The van der Waals surface area contributed by atoms with E-state index in [1.807, 2.05) is 0 Å². The molecule has 0 aliphatic rings. The molecule has 0 heterocycles. The van der Waals surface area contributed by atoms with E-state index in [-0.39, 0.29) is 6.61 Å². The summed E-state index contributed by atoms with van der Waals surface area (Å²) in [6, 6.07) is -1.01. The van der Waals surface area contributed by atoms with Crippen LogP contribution in [0.1, 0.15) is 6.92 Å². The first-order valence-electron chi connectivity index (χ1n) is 2.91. The Morgan fingerprint density at radius 2 is 2.30 bits per heavy atom. The van der Waals surface area contributed by atoms with Crippen LogP contribution in [-0.2, 0) is 14.6 Å². The Balaban J connectivity index is 3.21. The third-order valence-corrected chi connectivity index (χ3v) is 0.766. The van der Waals surface area contributed by atoms with Crippen LogP contribution in [0.3, 0.4) is 0 Å². The first-order valence-corrected chi connectivity index (χ1v) is 2.91. The number of aliphatic carboxylic acids is 1. The topological polar surface area (TPSA) is 81.8 Å². The van der Waals surface area contributed by atoms with Crippen molar-refractivity contribution in [1.29, 1.82) is 0 Å². The molecule has 10 heavy (non-hydrogen) atoms. The van der Waals surface area contributed by atoms with Crippen molar-refractivity contribution in [3.63, 3.8) is 0 Å². The van der Waals surface area contributed by atoms with Crippen molar-refractivity contribution >= 4 is 5.97 Å². The first-order chi connectivity index (χ1) is 4.68. The fourth-order valence-electron chi connectivity index (χ4n) is 0.276. The molecule has 0 aromatic carbocycles. The molecule has 0 aromatic heterocycles. The van der Waals surface area contributed by atoms with Gasteiger partial charge in [0.25, 0.3) is 0 Å². The van der Waals surface area contributed by atoms with Crippen LogP contribution in [0.25, 0.3) is 0 Å². The number of nitrogens with two attached hydrogens (primary N) is 1. The van der Waals surface area contributed by atoms with Crippen molar-refractivity contribution < 1.29 is 19.7 Å². The maximum absolute atomic E-state index is 10.0. The van der Waals surface area contributed by atoms with Crippen LogP contribution < -0.4 is 5.73 Å². The highest BCUT2D eigenvalue weighted by Crippen LogP contribution is 1.82. The van der Waals surface area contributed by atoms with Crippen LogP contribution in [0.4, 0.5) is 0 Å². The molecule has 0 aliphatic carbocycles. The number of rotatable bonds is 5. The lowest BCUT2D eigenvalue weighted by Crippen LogP contribution is -2.34. The van der Waals surface area contributed by atoms with Gasteiger partial charge in [-0.25, -0.2) is 9.78 Å². The first kappa shape index (κ1) is 9.35. The molecule has 0 rings (SSSR count). The van der Waals surface area contributed by atoms with Crippen LogP contribution in [0.2, 0.25) is 0 Å². The van der Waals surface area contributed by atoms with Crippen molar-refractivity contribution in [1.82, 2.24) is 0 Å². The lowest BCUT2D eigenvalue weighted by atomic mass is 10.3. The normalized spacial score (nSPS) is 13.0.